The van der Waals surface area contributed by atoms with Gasteiger partial charge in [0.2, 0.25) is 0 Å². The zero-order valence-corrected chi connectivity index (χ0v) is 21.0. The average molecular weight is 488 g/mol. The van der Waals surface area contributed by atoms with Gasteiger partial charge >= 0.3 is 5.97 Å². The zero-order valence-electron chi connectivity index (χ0n) is 20.3. The van der Waals surface area contributed by atoms with Crippen molar-refractivity contribution in [3.8, 4) is 0 Å². The highest BCUT2D eigenvalue weighted by atomic mass is 35.5. The van der Waals surface area contributed by atoms with Crippen LogP contribution in [-0.2, 0) is 22.7 Å². The number of nitrogens with one attached hydrogen (secondary N) is 1. The minimum absolute atomic E-state index is 0.164. The molecule has 0 spiro atoms. The highest BCUT2D eigenvalue weighted by Gasteiger charge is 2.41. The summed E-state index contributed by atoms with van der Waals surface area (Å²) in [7, 11) is 0. The van der Waals surface area contributed by atoms with Crippen molar-refractivity contribution >= 4 is 23.4 Å². The van der Waals surface area contributed by atoms with Crippen molar-refractivity contribution in [3.05, 3.63) is 57.1 Å². The molecule has 2 heterocycles. The highest BCUT2D eigenvalue weighted by molar-refractivity contribution is 6.30. The molecule has 2 fully saturated rings. The summed E-state index contributed by atoms with van der Waals surface area (Å²) < 4.78 is 7.75. The molecule has 1 saturated heterocycles. The fourth-order valence-electron chi connectivity index (χ4n) is 5.38. The summed E-state index contributed by atoms with van der Waals surface area (Å²) in [4.78, 5) is 30.1. The first-order chi connectivity index (χ1) is 16.4. The van der Waals surface area contributed by atoms with Crippen molar-refractivity contribution in [2.24, 2.45) is 5.92 Å². The number of ether oxygens (including phenoxy) is 1. The molecular formula is C26H36ClN4O3+. The predicted octanol–water partition coefficient (Wildman–Crippen LogP) is 4.51. The Bertz CT molecular complexity index is 1040. The maximum Gasteiger partial charge on any atom is 0.326 e. The van der Waals surface area contributed by atoms with E-state index in [4.69, 9.17) is 16.3 Å². The lowest BCUT2D eigenvalue weighted by Gasteiger charge is -2.47. The van der Waals surface area contributed by atoms with E-state index in [-0.39, 0.29) is 29.7 Å². The number of esters is 1. The number of hydrogen-bond donors (Lipinski definition) is 1. The van der Waals surface area contributed by atoms with Crippen LogP contribution in [0.5, 0.6) is 0 Å². The summed E-state index contributed by atoms with van der Waals surface area (Å²) >= 11 is 6.38. The number of quaternary nitrogens is 1. The van der Waals surface area contributed by atoms with Gasteiger partial charge in [-0.15, -0.1) is 0 Å². The number of halogens is 1. The van der Waals surface area contributed by atoms with Gasteiger partial charge in [0, 0.05) is 0 Å². The maximum atomic E-state index is 13.3. The minimum Gasteiger partial charge on any atom is -0.459 e. The predicted molar refractivity (Wildman–Crippen MR) is 134 cm³/mol. The fraction of sp³-hybridized carbons (Fsp3) is 0.577. The van der Waals surface area contributed by atoms with Gasteiger partial charge in [-0.05, 0) is 56.9 Å². The number of anilines is 1. The Morgan fingerprint density at radius 3 is 2.53 bits per heavy atom. The van der Waals surface area contributed by atoms with Gasteiger partial charge in [0.25, 0.3) is 5.56 Å². The summed E-state index contributed by atoms with van der Waals surface area (Å²) in [6, 6.07) is 10.1. The molecule has 1 aliphatic heterocycles. The molecule has 34 heavy (non-hydrogen) atoms. The van der Waals surface area contributed by atoms with E-state index in [1.165, 1.54) is 43.1 Å². The minimum atomic E-state index is -0.484. The number of rotatable bonds is 8. The first-order valence-electron chi connectivity index (χ1n) is 12.4. The number of hydrogen-bond acceptors (Lipinski definition) is 5. The van der Waals surface area contributed by atoms with Crippen LogP contribution in [0, 0.1) is 12.8 Å². The van der Waals surface area contributed by atoms with Gasteiger partial charge in [-0.2, -0.15) is 0 Å². The normalized spacial score (nSPS) is 23.1. The topological polar surface area (TPSA) is 73.2 Å². The average Bonchev–Trinajstić information content (AvgIpc) is 3.40. The van der Waals surface area contributed by atoms with E-state index >= 15 is 0 Å². The second-order valence-corrected chi connectivity index (χ2v) is 10.4. The Morgan fingerprint density at radius 2 is 1.85 bits per heavy atom. The van der Waals surface area contributed by atoms with E-state index in [1.807, 2.05) is 30.3 Å². The first kappa shape index (κ1) is 24.7. The summed E-state index contributed by atoms with van der Waals surface area (Å²) in [6.07, 6.45) is 7.47. The molecule has 4 rings (SSSR count). The van der Waals surface area contributed by atoms with Gasteiger partial charge in [0.15, 0.2) is 17.6 Å². The molecule has 1 aromatic heterocycles. The van der Waals surface area contributed by atoms with Crippen LogP contribution >= 0.6 is 11.6 Å². The van der Waals surface area contributed by atoms with Crippen molar-refractivity contribution in [1.29, 1.82) is 0 Å². The van der Waals surface area contributed by atoms with Gasteiger partial charge < -0.3 is 14.5 Å². The number of carbonyl (C=O) groups excluding carboxylic acids is 1. The standard InChI is InChI=1S/C26H36ClN4O3/c1-19-12-14-31(15-13-19,22-10-6-7-11-22)18-28-25-26(33)30(20(2)24(27)29-25)16-23(32)34-17-21-8-4-3-5-9-21/h3-5,8-9,19,22H,6-7,10-18H2,1-2H3,(H,28,29)/q+1. The number of carbonyl (C=O) groups is 1. The maximum absolute atomic E-state index is 13.3. The summed E-state index contributed by atoms with van der Waals surface area (Å²) in [5.41, 5.74) is 1.01. The van der Waals surface area contributed by atoms with Crippen LogP contribution < -0.4 is 10.9 Å². The zero-order chi connectivity index (χ0) is 24.1. The molecule has 184 valence electrons. The van der Waals surface area contributed by atoms with Crippen molar-refractivity contribution in [3.63, 3.8) is 0 Å². The Labute approximate surface area is 206 Å². The van der Waals surface area contributed by atoms with Gasteiger partial charge in [0.05, 0.1) is 24.8 Å². The first-order valence-corrected chi connectivity index (χ1v) is 12.8. The second-order valence-electron chi connectivity index (χ2n) is 10.00. The number of nitrogens with zero attached hydrogens (tertiary/aromatic N) is 3. The van der Waals surface area contributed by atoms with Gasteiger partial charge in [0.1, 0.15) is 13.2 Å². The largest absolute Gasteiger partial charge is 0.459 e. The molecule has 0 radical (unpaired) electrons. The van der Waals surface area contributed by atoms with Crippen LogP contribution in [0.2, 0.25) is 5.15 Å². The molecule has 1 aliphatic carbocycles. The van der Waals surface area contributed by atoms with E-state index in [1.54, 1.807) is 6.92 Å². The second kappa shape index (κ2) is 10.9. The molecule has 0 amide bonds. The third-order valence-corrected chi connectivity index (χ3v) is 8.04. The van der Waals surface area contributed by atoms with Gasteiger partial charge in [-0.3, -0.25) is 14.2 Å². The van der Waals surface area contributed by atoms with Crippen molar-refractivity contribution in [2.75, 3.05) is 25.1 Å². The van der Waals surface area contributed by atoms with Crippen LogP contribution in [0.4, 0.5) is 5.82 Å². The van der Waals surface area contributed by atoms with E-state index in [9.17, 15) is 9.59 Å². The number of likely N-dealkylation sites (tertiary alicyclic amines) is 1. The molecular weight excluding hydrogens is 452 g/mol. The van der Waals surface area contributed by atoms with Crippen LogP contribution in [0.3, 0.4) is 0 Å². The van der Waals surface area contributed by atoms with Crippen molar-refractivity contribution in [1.82, 2.24) is 9.55 Å². The smallest absolute Gasteiger partial charge is 0.326 e. The third-order valence-electron chi connectivity index (χ3n) is 7.69. The monoisotopic (exact) mass is 487 g/mol. The summed E-state index contributed by atoms with van der Waals surface area (Å²) in [5, 5.41) is 3.57. The van der Waals surface area contributed by atoms with Crippen LogP contribution in [-0.4, -0.2) is 45.8 Å². The van der Waals surface area contributed by atoms with Gasteiger partial charge in [-0.1, -0.05) is 48.9 Å². The third kappa shape index (κ3) is 5.63. The Balaban J connectivity index is 1.48. The molecule has 0 atom stereocenters. The Kier molecular flexibility index (Phi) is 7.94. The molecule has 0 unspecified atom stereocenters. The fourth-order valence-corrected chi connectivity index (χ4v) is 5.57. The van der Waals surface area contributed by atoms with Crippen LogP contribution in [0.1, 0.15) is 56.7 Å². The van der Waals surface area contributed by atoms with E-state index in [0.717, 1.165) is 29.1 Å². The SMILES string of the molecule is Cc1c(Cl)nc(NC[N+]2(C3CCCC3)CCC(C)CC2)c(=O)n1CC(=O)OCc1ccccc1. The van der Waals surface area contributed by atoms with Crippen LogP contribution in [0.25, 0.3) is 0 Å². The summed E-state index contributed by atoms with van der Waals surface area (Å²) in [5.74, 6) is 0.473. The molecule has 8 heteroatoms. The molecule has 1 N–H and O–H groups in total. The lowest BCUT2D eigenvalue weighted by molar-refractivity contribution is -0.953. The number of benzene rings is 1. The Hall–Kier alpha value is -2.38. The van der Waals surface area contributed by atoms with E-state index in [2.05, 4.69) is 17.2 Å². The molecule has 7 nitrogen and oxygen atoms in total. The molecule has 0 bridgehead atoms. The Morgan fingerprint density at radius 1 is 1.18 bits per heavy atom. The van der Waals surface area contributed by atoms with Gasteiger partial charge in [-0.25, -0.2) is 4.98 Å². The molecule has 1 aromatic carbocycles. The molecule has 2 aromatic rings. The van der Waals surface area contributed by atoms with Crippen molar-refractivity contribution < 1.29 is 14.0 Å². The lowest BCUT2D eigenvalue weighted by Crippen LogP contribution is -2.60. The van der Waals surface area contributed by atoms with Crippen molar-refractivity contribution in [2.45, 2.75) is 71.6 Å². The lowest BCUT2D eigenvalue weighted by atomic mass is 9.94. The summed E-state index contributed by atoms with van der Waals surface area (Å²) in [6.45, 7) is 6.90. The van der Waals surface area contributed by atoms with E-state index in [0.29, 0.717) is 18.4 Å². The number of aromatic nitrogens is 2. The van der Waals surface area contributed by atoms with E-state index < -0.39 is 5.97 Å². The molecule has 2 aliphatic rings. The quantitative estimate of drug-likeness (QED) is 0.438. The number of piperidine rings is 1. The highest BCUT2D eigenvalue weighted by Crippen LogP contribution is 2.34. The van der Waals surface area contributed by atoms with Crippen LogP contribution in [0.15, 0.2) is 35.1 Å². The molecule has 1 saturated carbocycles.